The first-order valence-corrected chi connectivity index (χ1v) is 6.98. The van der Waals surface area contributed by atoms with Crippen molar-refractivity contribution in [2.75, 3.05) is 6.54 Å². The maximum Gasteiger partial charge on any atom is 0.244 e. The van der Waals surface area contributed by atoms with Crippen LogP contribution in [0.3, 0.4) is 0 Å². The van der Waals surface area contributed by atoms with Crippen LogP contribution in [0, 0.1) is 5.82 Å². The fourth-order valence-electron chi connectivity index (χ4n) is 1.83. The maximum atomic E-state index is 13.4. The van der Waals surface area contributed by atoms with Gasteiger partial charge >= 0.3 is 0 Å². The van der Waals surface area contributed by atoms with Crippen LogP contribution >= 0.6 is 11.6 Å². The summed E-state index contributed by atoms with van der Waals surface area (Å²) in [6, 6.07) is 13.7. The van der Waals surface area contributed by atoms with E-state index in [1.807, 2.05) is 12.1 Å². The van der Waals surface area contributed by atoms with E-state index in [0.717, 1.165) is 5.56 Å². The van der Waals surface area contributed by atoms with E-state index >= 15 is 0 Å². The highest BCUT2D eigenvalue weighted by molar-refractivity contribution is 6.30. The van der Waals surface area contributed by atoms with Crippen LogP contribution < -0.4 is 5.32 Å². The van der Waals surface area contributed by atoms with Crippen LogP contribution in [-0.2, 0) is 11.2 Å². The Kier molecular flexibility index (Phi) is 5.52. The molecule has 0 saturated heterocycles. The quantitative estimate of drug-likeness (QED) is 0.835. The number of carbonyl (C=O) groups is 1. The normalized spacial score (nSPS) is 10.8. The lowest BCUT2D eigenvalue weighted by molar-refractivity contribution is -0.116. The van der Waals surface area contributed by atoms with Crippen LogP contribution in [0.4, 0.5) is 4.39 Å². The third-order valence-corrected chi connectivity index (χ3v) is 3.20. The zero-order valence-corrected chi connectivity index (χ0v) is 12.1. The van der Waals surface area contributed by atoms with Crippen molar-refractivity contribution in [1.29, 1.82) is 0 Å². The van der Waals surface area contributed by atoms with Crippen molar-refractivity contribution in [2.24, 2.45) is 0 Å². The molecule has 0 spiro atoms. The highest BCUT2D eigenvalue weighted by Crippen LogP contribution is 2.10. The molecule has 21 heavy (non-hydrogen) atoms. The number of nitrogens with one attached hydrogen (secondary N) is 1. The molecule has 2 aromatic carbocycles. The fourth-order valence-corrected chi connectivity index (χ4v) is 1.95. The number of hydrogen-bond donors (Lipinski definition) is 1. The zero-order valence-electron chi connectivity index (χ0n) is 11.4. The molecule has 0 unspecified atom stereocenters. The van der Waals surface area contributed by atoms with Crippen LogP contribution in [-0.4, -0.2) is 12.5 Å². The van der Waals surface area contributed by atoms with Gasteiger partial charge in [-0.05, 0) is 41.8 Å². The largest absolute Gasteiger partial charge is 0.352 e. The predicted molar refractivity (Wildman–Crippen MR) is 83.6 cm³/mol. The van der Waals surface area contributed by atoms with E-state index in [-0.39, 0.29) is 11.7 Å². The summed E-state index contributed by atoms with van der Waals surface area (Å²) in [6.45, 7) is 0.394. The molecule has 0 radical (unpaired) electrons. The highest BCUT2D eigenvalue weighted by atomic mass is 35.5. The van der Waals surface area contributed by atoms with Crippen molar-refractivity contribution in [3.63, 3.8) is 0 Å². The zero-order chi connectivity index (χ0) is 15.1. The molecule has 0 aliphatic heterocycles. The van der Waals surface area contributed by atoms with E-state index in [1.165, 1.54) is 12.1 Å². The van der Waals surface area contributed by atoms with Crippen LogP contribution in [0.25, 0.3) is 6.08 Å². The Morgan fingerprint density at radius 3 is 2.57 bits per heavy atom. The summed E-state index contributed by atoms with van der Waals surface area (Å²) >= 11 is 5.78. The van der Waals surface area contributed by atoms with Crippen LogP contribution in [0.15, 0.2) is 54.6 Å². The summed E-state index contributed by atoms with van der Waals surface area (Å²) in [7, 11) is 0. The minimum atomic E-state index is -0.247. The Hall–Kier alpha value is -2.13. The van der Waals surface area contributed by atoms with Crippen molar-refractivity contribution in [3.05, 3.63) is 76.6 Å². The van der Waals surface area contributed by atoms with Gasteiger partial charge in [0.25, 0.3) is 0 Å². The lowest BCUT2D eigenvalue weighted by Crippen LogP contribution is -2.23. The van der Waals surface area contributed by atoms with Gasteiger partial charge in [0.15, 0.2) is 0 Å². The highest BCUT2D eigenvalue weighted by Gasteiger charge is 2.01. The summed E-state index contributed by atoms with van der Waals surface area (Å²) in [5.74, 6) is -0.454. The summed E-state index contributed by atoms with van der Waals surface area (Å²) in [6.07, 6.45) is 3.62. The molecule has 0 heterocycles. The smallest absolute Gasteiger partial charge is 0.244 e. The van der Waals surface area contributed by atoms with Gasteiger partial charge in [-0.25, -0.2) is 4.39 Å². The van der Waals surface area contributed by atoms with Gasteiger partial charge in [-0.15, -0.1) is 0 Å². The van der Waals surface area contributed by atoms with Gasteiger partial charge in [-0.3, -0.25) is 4.79 Å². The minimum absolute atomic E-state index is 0.207. The first kappa shape index (κ1) is 15.3. The third kappa shape index (κ3) is 5.04. The molecule has 1 amide bonds. The summed E-state index contributed by atoms with van der Waals surface area (Å²) in [4.78, 5) is 11.6. The van der Waals surface area contributed by atoms with E-state index in [2.05, 4.69) is 5.32 Å². The summed E-state index contributed by atoms with van der Waals surface area (Å²) in [5.41, 5.74) is 1.49. The number of halogens is 2. The van der Waals surface area contributed by atoms with Crippen LogP contribution in [0.1, 0.15) is 11.1 Å². The van der Waals surface area contributed by atoms with Gasteiger partial charge in [0.05, 0.1) is 0 Å². The molecule has 0 aliphatic carbocycles. The average molecular weight is 304 g/mol. The molecular weight excluding hydrogens is 289 g/mol. The van der Waals surface area contributed by atoms with E-state index in [4.69, 9.17) is 11.6 Å². The van der Waals surface area contributed by atoms with E-state index in [1.54, 1.807) is 36.4 Å². The molecule has 0 atom stereocenters. The lowest BCUT2D eigenvalue weighted by Gasteiger charge is -2.03. The van der Waals surface area contributed by atoms with Gasteiger partial charge in [0.2, 0.25) is 5.91 Å². The molecule has 0 aromatic heterocycles. The molecule has 2 rings (SSSR count). The molecule has 0 saturated carbocycles. The third-order valence-electron chi connectivity index (χ3n) is 2.95. The first-order chi connectivity index (χ1) is 10.1. The Balaban J connectivity index is 1.80. The van der Waals surface area contributed by atoms with Crippen molar-refractivity contribution >= 4 is 23.6 Å². The first-order valence-electron chi connectivity index (χ1n) is 6.60. The number of benzene rings is 2. The van der Waals surface area contributed by atoms with Gasteiger partial charge in [0.1, 0.15) is 5.82 Å². The second-order valence-electron chi connectivity index (χ2n) is 4.52. The molecule has 2 aromatic rings. The maximum absolute atomic E-state index is 13.4. The Morgan fingerprint density at radius 1 is 1.14 bits per heavy atom. The van der Waals surface area contributed by atoms with Gasteiger partial charge in [0, 0.05) is 17.6 Å². The SMILES string of the molecule is O=C(/C=C/c1ccc(Cl)cc1)NCCc1ccccc1F. The van der Waals surface area contributed by atoms with Crippen molar-refractivity contribution in [2.45, 2.75) is 6.42 Å². The molecule has 108 valence electrons. The number of carbonyl (C=O) groups excluding carboxylic acids is 1. The molecule has 2 nitrogen and oxygen atoms in total. The Labute approximate surface area is 128 Å². The molecule has 4 heteroatoms. The average Bonchev–Trinajstić information content (AvgIpc) is 2.49. The van der Waals surface area contributed by atoms with Crippen LogP contribution in [0.2, 0.25) is 5.02 Å². The molecule has 1 N–H and O–H groups in total. The van der Waals surface area contributed by atoms with E-state index < -0.39 is 0 Å². The van der Waals surface area contributed by atoms with Crippen molar-refractivity contribution < 1.29 is 9.18 Å². The minimum Gasteiger partial charge on any atom is -0.352 e. The van der Waals surface area contributed by atoms with Gasteiger partial charge < -0.3 is 5.32 Å². The molecule has 0 aliphatic rings. The standard InChI is InChI=1S/C17H15ClFNO/c18-15-8-5-13(6-9-15)7-10-17(21)20-12-11-14-3-1-2-4-16(14)19/h1-10H,11-12H2,(H,20,21)/b10-7+. The molecule has 0 fully saturated rings. The molecule has 0 bridgehead atoms. The Bertz CT molecular complexity index is 637. The lowest BCUT2D eigenvalue weighted by atomic mass is 10.1. The van der Waals surface area contributed by atoms with Gasteiger partial charge in [-0.1, -0.05) is 41.9 Å². The summed E-state index contributed by atoms with van der Waals surface area (Å²) in [5, 5.41) is 3.38. The molecular formula is C17H15ClFNO. The van der Waals surface area contributed by atoms with Crippen molar-refractivity contribution in [1.82, 2.24) is 5.32 Å². The van der Waals surface area contributed by atoms with E-state index in [9.17, 15) is 9.18 Å². The van der Waals surface area contributed by atoms with Crippen LogP contribution in [0.5, 0.6) is 0 Å². The van der Waals surface area contributed by atoms with Gasteiger partial charge in [-0.2, -0.15) is 0 Å². The van der Waals surface area contributed by atoms with E-state index in [0.29, 0.717) is 23.6 Å². The number of hydrogen-bond acceptors (Lipinski definition) is 1. The fraction of sp³-hybridized carbons (Fsp3) is 0.118. The monoisotopic (exact) mass is 303 g/mol. The Morgan fingerprint density at radius 2 is 1.86 bits per heavy atom. The van der Waals surface area contributed by atoms with Crippen molar-refractivity contribution in [3.8, 4) is 0 Å². The second-order valence-corrected chi connectivity index (χ2v) is 4.95. The summed E-state index contributed by atoms with van der Waals surface area (Å²) < 4.78 is 13.4. The number of amides is 1. The topological polar surface area (TPSA) is 29.1 Å². The number of rotatable bonds is 5. The predicted octanol–water partition coefficient (Wildman–Crippen LogP) is 3.85. The second kappa shape index (κ2) is 7.60.